The van der Waals surface area contributed by atoms with Crippen molar-refractivity contribution in [2.45, 2.75) is 65.3 Å². The van der Waals surface area contributed by atoms with Crippen molar-refractivity contribution >= 4 is 0 Å². The van der Waals surface area contributed by atoms with E-state index in [2.05, 4.69) is 26.1 Å². The van der Waals surface area contributed by atoms with Crippen LogP contribution in [0.3, 0.4) is 0 Å². The predicted octanol–water partition coefficient (Wildman–Crippen LogP) is 3.36. The number of ether oxygens (including phenoxy) is 1. The third kappa shape index (κ3) is 11.8. The maximum absolute atomic E-state index is 5.49. The molecule has 0 spiro atoms. The van der Waals surface area contributed by atoms with Crippen LogP contribution in [0, 0.1) is 0 Å². The predicted molar refractivity (Wildman–Crippen MR) is 67.3 cm³/mol. The fraction of sp³-hybridized carbons (Fsp3) is 1.00. The number of rotatable bonds is 11. The Morgan fingerprint density at radius 3 is 2.40 bits per heavy atom. The van der Waals surface area contributed by atoms with Crippen molar-refractivity contribution in [1.29, 1.82) is 0 Å². The molecule has 0 aliphatic heterocycles. The van der Waals surface area contributed by atoms with Gasteiger partial charge in [-0.15, -0.1) is 0 Å². The van der Waals surface area contributed by atoms with Crippen LogP contribution in [-0.2, 0) is 4.74 Å². The highest BCUT2D eigenvalue weighted by Crippen LogP contribution is 2.02. The molecule has 0 aliphatic rings. The molecule has 0 saturated heterocycles. The van der Waals surface area contributed by atoms with E-state index in [1.54, 1.807) is 0 Å². The Bertz CT molecular complexity index is 117. The van der Waals surface area contributed by atoms with Crippen LogP contribution in [0.25, 0.3) is 0 Å². The van der Waals surface area contributed by atoms with Gasteiger partial charge in [0.1, 0.15) is 0 Å². The van der Waals surface area contributed by atoms with E-state index in [0.29, 0.717) is 6.04 Å². The van der Waals surface area contributed by atoms with Crippen LogP contribution in [0.5, 0.6) is 0 Å². The minimum Gasteiger partial charge on any atom is -0.380 e. The summed E-state index contributed by atoms with van der Waals surface area (Å²) in [4.78, 5) is 0. The van der Waals surface area contributed by atoms with Gasteiger partial charge in [-0.1, -0.05) is 39.5 Å². The lowest BCUT2D eigenvalue weighted by Crippen LogP contribution is -2.29. The van der Waals surface area contributed by atoms with Gasteiger partial charge in [0.2, 0.25) is 0 Å². The van der Waals surface area contributed by atoms with E-state index >= 15 is 0 Å². The molecule has 1 atom stereocenters. The summed E-state index contributed by atoms with van der Waals surface area (Å²) in [5.41, 5.74) is 0. The maximum atomic E-state index is 5.49. The number of hydrogen-bond donors (Lipinski definition) is 1. The Kier molecular flexibility index (Phi) is 11.9. The molecule has 0 saturated carbocycles. The first-order valence-electron chi connectivity index (χ1n) is 6.62. The van der Waals surface area contributed by atoms with Crippen molar-refractivity contribution in [2.24, 2.45) is 0 Å². The van der Waals surface area contributed by atoms with Gasteiger partial charge in [-0.05, 0) is 19.8 Å². The second-order valence-electron chi connectivity index (χ2n) is 4.32. The topological polar surface area (TPSA) is 21.3 Å². The van der Waals surface area contributed by atoms with E-state index in [1.165, 1.54) is 38.5 Å². The number of nitrogens with one attached hydrogen (secondary N) is 1. The Morgan fingerprint density at radius 1 is 1.00 bits per heavy atom. The maximum Gasteiger partial charge on any atom is 0.0590 e. The normalized spacial score (nSPS) is 13.0. The van der Waals surface area contributed by atoms with Crippen LogP contribution in [0.4, 0.5) is 0 Å². The van der Waals surface area contributed by atoms with Crippen LogP contribution >= 0.6 is 0 Å². The number of unbranched alkanes of at least 4 members (excludes halogenated alkanes) is 3. The fourth-order valence-corrected chi connectivity index (χ4v) is 1.53. The van der Waals surface area contributed by atoms with E-state index in [4.69, 9.17) is 4.74 Å². The summed E-state index contributed by atoms with van der Waals surface area (Å²) >= 11 is 0. The van der Waals surface area contributed by atoms with Crippen molar-refractivity contribution in [3.63, 3.8) is 0 Å². The molecular weight excluding hydrogens is 186 g/mol. The highest BCUT2D eigenvalue weighted by atomic mass is 16.5. The van der Waals surface area contributed by atoms with E-state index in [-0.39, 0.29) is 0 Å². The molecule has 2 heteroatoms. The van der Waals surface area contributed by atoms with Crippen LogP contribution in [0.15, 0.2) is 0 Å². The molecule has 15 heavy (non-hydrogen) atoms. The molecule has 2 nitrogen and oxygen atoms in total. The lowest BCUT2D eigenvalue weighted by Gasteiger charge is -2.13. The molecule has 1 N–H and O–H groups in total. The van der Waals surface area contributed by atoms with E-state index in [0.717, 1.165) is 19.8 Å². The standard InChI is InChI=1S/C13H29NO/c1-4-6-8-9-13(3)14-10-12-15-11-7-5-2/h13-14H,4-12H2,1-3H3. The van der Waals surface area contributed by atoms with Gasteiger partial charge in [0.05, 0.1) is 6.61 Å². The Balaban J connectivity index is 3.06. The molecule has 1 unspecified atom stereocenters. The first-order valence-corrected chi connectivity index (χ1v) is 6.62. The molecule has 0 rings (SSSR count). The largest absolute Gasteiger partial charge is 0.380 e. The summed E-state index contributed by atoms with van der Waals surface area (Å²) < 4.78 is 5.49. The monoisotopic (exact) mass is 215 g/mol. The Morgan fingerprint density at radius 2 is 1.73 bits per heavy atom. The van der Waals surface area contributed by atoms with Crippen molar-refractivity contribution in [1.82, 2.24) is 5.32 Å². The summed E-state index contributed by atoms with van der Waals surface area (Å²) in [5.74, 6) is 0. The molecule has 0 aromatic heterocycles. The molecule has 0 aliphatic carbocycles. The van der Waals surface area contributed by atoms with Gasteiger partial charge in [0.15, 0.2) is 0 Å². The van der Waals surface area contributed by atoms with Gasteiger partial charge < -0.3 is 10.1 Å². The third-order valence-corrected chi connectivity index (χ3v) is 2.62. The molecule has 0 radical (unpaired) electrons. The summed E-state index contributed by atoms with van der Waals surface area (Å²) in [5, 5.41) is 3.49. The first-order chi connectivity index (χ1) is 7.31. The molecule has 0 bridgehead atoms. The van der Waals surface area contributed by atoms with Crippen LogP contribution in [0.1, 0.15) is 59.3 Å². The van der Waals surface area contributed by atoms with Crippen LogP contribution < -0.4 is 5.32 Å². The Hall–Kier alpha value is -0.0800. The van der Waals surface area contributed by atoms with Crippen molar-refractivity contribution in [3.8, 4) is 0 Å². The van der Waals surface area contributed by atoms with Gasteiger partial charge in [0, 0.05) is 19.2 Å². The quantitative estimate of drug-likeness (QED) is 0.534. The van der Waals surface area contributed by atoms with E-state index in [9.17, 15) is 0 Å². The summed E-state index contributed by atoms with van der Waals surface area (Å²) in [6.07, 6.45) is 7.73. The lowest BCUT2D eigenvalue weighted by molar-refractivity contribution is 0.131. The molecule has 0 aromatic rings. The van der Waals surface area contributed by atoms with E-state index in [1.807, 2.05) is 0 Å². The fourth-order valence-electron chi connectivity index (χ4n) is 1.53. The third-order valence-electron chi connectivity index (χ3n) is 2.62. The Labute approximate surface area is 95.8 Å². The van der Waals surface area contributed by atoms with Crippen molar-refractivity contribution < 1.29 is 4.74 Å². The second kappa shape index (κ2) is 12.0. The SMILES string of the molecule is CCCCCC(C)NCCOCCCC. The average molecular weight is 215 g/mol. The highest BCUT2D eigenvalue weighted by Gasteiger charge is 1.99. The van der Waals surface area contributed by atoms with Gasteiger partial charge in [-0.2, -0.15) is 0 Å². The number of hydrogen-bond acceptors (Lipinski definition) is 2. The van der Waals surface area contributed by atoms with Gasteiger partial charge in [-0.25, -0.2) is 0 Å². The zero-order valence-corrected chi connectivity index (χ0v) is 10.8. The van der Waals surface area contributed by atoms with Crippen molar-refractivity contribution in [3.05, 3.63) is 0 Å². The zero-order chi connectivity index (χ0) is 11.4. The first kappa shape index (κ1) is 14.9. The van der Waals surface area contributed by atoms with Gasteiger partial charge in [-0.3, -0.25) is 0 Å². The molecule has 0 fully saturated rings. The van der Waals surface area contributed by atoms with Crippen molar-refractivity contribution in [2.75, 3.05) is 19.8 Å². The average Bonchev–Trinajstić information content (AvgIpc) is 2.23. The second-order valence-corrected chi connectivity index (χ2v) is 4.32. The minimum atomic E-state index is 0.645. The summed E-state index contributed by atoms with van der Waals surface area (Å²) in [6.45, 7) is 9.48. The summed E-state index contributed by atoms with van der Waals surface area (Å²) in [7, 11) is 0. The van der Waals surface area contributed by atoms with Gasteiger partial charge in [0.25, 0.3) is 0 Å². The molecule has 0 aromatic carbocycles. The zero-order valence-electron chi connectivity index (χ0n) is 10.8. The lowest BCUT2D eigenvalue weighted by atomic mass is 10.1. The smallest absolute Gasteiger partial charge is 0.0590 e. The molecule has 92 valence electrons. The highest BCUT2D eigenvalue weighted by molar-refractivity contribution is 4.59. The molecular formula is C13H29NO. The summed E-state index contributed by atoms with van der Waals surface area (Å²) in [6, 6.07) is 0.645. The molecule has 0 amide bonds. The van der Waals surface area contributed by atoms with Crippen LogP contribution in [0.2, 0.25) is 0 Å². The minimum absolute atomic E-state index is 0.645. The van der Waals surface area contributed by atoms with Crippen LogP contribution in [-0.4, -0.2) is 25.8 Å². The molecule has 0 heterocycles. The van der Waals surface area contributed by atoms with E-state index < -0.39 is 0 Å². The van der Waals surface area contributed by atoms with Gasteiger partial charge >= 0.3 is 0 Å².